The first-order valence-corrected chi connectivity index (χ1v) is 5.50. The summed E-state index contributed by atoms with van der Waals surface area (Å²) in [6.07, 6.45) is 1.46. The van der Waals surface area contributed by atoms with Crippen molar-refractivity contribution in [2.45, 2.75) is 26.7 Å². The van der Waals surface area contributed by atoms with E-state index < -0.39 is 0 Å². The third-order valence-electron chi connectivity index (χ3n) is 2.28. The number of aromatic hydroxyl groups is 1. The predicted molar refractivity (Wildman–Crippen MR) is 62.8 cm³/mol. The van der Waals surface area contributed by atoms with Crippen LogP contribution >= 0.6 is 11.6 Å². The Morgan fingerprint density at radius 2 is 2.19 bits per heavy atom. The Morgan fingerprint density at radius 3 is 2.75 bits per heavy atom. The van der Waals surface area contributed by atoms with Crippen LogP contribution in [0.15, 0.2) is 12.1 Å². The number of rotatable bonds is 4. The predicted octanol–water partition coefficient (Wildman–Crippen LogP) is 2.85. The van der Waals surface area contributed by atoms with Crippen LogP contribution < -0.4 is 0 Å². The summed E-state index contributed by atoms with van der Waals surface area (Å²) in [5, 5.41) is 9.86. The molecule has 0 saturated heterocycles. The summed E-state index contributed by atoms with van der Waals surface area (Å²) in [7, 11) is 0. The molecule has 4 heteroatoms. The molecule has 0 unspecified atom stereocenters. The maximum absolute atomic E-state index is 10.6. The van der Waals surface area contributed by atoms with E-state index >= 15 is 0 Å². The molecule has 0 radical (unpaired) electrons. The molecule has 1 rings (SSSR count). The Morgan fingerprint density at radius 1 is 1.50 bits per heavy atom. The third kappa shape index (κ3) is 3.74. The minimum absolute atomic E-state index is 0.172. The van der Waals surface area contributed by atoms with E-state index in [0.29, 0.717) is 11.6 Å². The van der Waals surface area contributed by atoms with Crippen molar-refractivity contribution in [1.29, 1.82) is 0 Å². The highest BCUT2D eigenvalue weighted by molar-refractivity contribution is 6.31. The lowest BCUT2D eigenvalue weighted by atomic mass is 10.0. The van der Waals surface area contributed by atoms with Crippen molar-refractivity contribution < 1.29 is 14.6 Å². The molecule has 0 fully saturated rings. The Bertz CT molecular complexity index is 365. The van der Waals surface area contributed by atoms with E-state index in [-0.39, 0.29) is 11.7 Å². The van der Waals surface area contributed by atoms with Crippen LogP contribution in [0.5, 0.6) is 5.75 Å². The van der Waals surface area contributed by atoms with E-state index in [9.17, 15) is 9.90 Å². The first kappa shape index (κ1) is 12.8. The number of carbonyl (C=O) groups is 1. The average molecular weight is 243 g/mol. The molecule has 0 amide bonds. The molecule has 0 aliphatic rings. The van der Waals surface area contributed by atoms with Gasteiger partial charge in [0.2, 0.25) is 0 Å². The van der Waals surface area contributed by atoms with E-state index in [1.54, 1.807) is 6.07 Å². The van der Waals surface area contributed by atoms with Gasteiger partial charge in [0.1, 0.15) is 5.75 Å². The van der Waals surface area contributed by atoms with Crippen LogP contribution in [0.25, 0.3) is 0 Å². The minimum atomic E-state index is -0.270. The molecule has 0 aromatic heterocycles. The zero-order valence-corrected chi connectivity index (χ0v) is 10.2. The number of phenolic OH excluding ortho intramolecular Hbond substituents is 1. The number of hydrogen-bond acceptors (Lipinski definition) is 3. The number of benzene rings is 1. The fraction of sp³-hybridized carbons (Fsp3) is 0.417. The van der Waals surface area contributed by atoms with Crippen molar-refractivity contribution >= 4 is 17.6 Å². The van der Waals surface area contributed by atoms with Gasteiger partial charge in [-0.3, -0.25) is 4.79 Å². The summed E-state index contributed by atoms with van der Waals surface area (Å²) in [5.41, 5.74) is 1.94. The average Bonchev–Trinajstić information content (AvgIpc) is 2.14. The summed E-state index contributed by atoms with van der Waals surface area (Å²) >= 11 is 6.01. The number of aryl methyl sites for hydroxylation is 1. The summed E-state index contributed by atoms with van der Waals surface area (Å²) < 4.78 is 4.84. The second-order valence-corrected chi connectivity index (χ2v) is 4.07. The zero-order valence-electron chi connectivity index (χ0n) is 9.42. The number of carbonyl (C=O) groups excluding carboxylic acids is 1. The van der Waals surface area contributed by atoms with E-state index in [1.807, 2.05) is 6.92 Å². The standard InChI is InChI=1S/C12H15ClO3/c1-8-6-10(15)7-12(13)11(8)4-3-5-16-9(2)14/h6-7,15H,3-5H2,1-2H3. The van der Waals surface area contributed by atoms with Crippen molar-refractivity contribution in [2.75, 3.05) is 6.61 Å². The highest BCUT2D eigenvalue weighted by Crippen LogP contribution is 2.26. The fourth-order valence-corrected chi connectivity index (χ4v) is 1.89. The summed E-state index contributed by atoms with van der Waals surface area (Å²) in [6, 6.07) is 3.20. The van der Waals surface area contributed by atoms with Gasteiger partial charge < -0.3 is 9.84 Å². The van der Waals surface area contributed by atoms with Crippen molar-refractivity contribution in [3.63, 3.8) is 0 Å². The maximum Gasteiger partial charge on any atom is 0.302 e. The van der Waals surface area contributed by atoms with Crippen LogP contribution in [-0.4, -0.2) is 17.7 Å². The van der Waals surface area contributed by atoms with Crippen molar-refractivity contribution in [3.05, 3.63) is 28.3 Å². The van der Waals surface area contributed by atoms with E-state index in [4.69, 9.17) is 16.3 Å². The molecule has 0 aliphatic carbocycles. The van der Waals surface area contributed by atoms with Gasteiger partial charge in [0.25, 0.3) is 0 Å². The van der Waals surface area contributed by atoms with Crippen molar-refractivity contribution in [1.82, 2.24) is 0 Å². The van der Waals surface area contributed by atoms with Crippen LogP contribution in [0.4, 0.5) is 0 Å². The number of esters is 1. The second kappa shape index (κ2) is 5.75. The van der Waals surface area contributed by atoms with Gasteiger partial charge in [0.05, 0.1) is 6.61 Å². The highest BCUT2D eigenvalue weighted by atomic mass is 35.5. The minimum Gasteiger partial charge on any atom is -0.508 e. The molecule has 16 heavy (non-hydrogen) atoms. The third-order valence-corrected chi connectivity index (χ3v) is 2.62. The summed E-state index contributed by atoms with van der Waals surface area (Å²) in [5.74, 6) is -0.0974. The van der Waals surface area contributed by atoms with Gasteiger partial charge in [0, 0.05) is 11.9 Å². The lowest BCUT2D eigenvalue weighted by Crippen LogP contribution is -2.02. The molecule has 1 aromatic rings. The van der Waals surface area contributed by atoms with Gasteiger partial charge in [-0.15, -0.1) is 0 Å². The number of hydrogen-bond donors (Lipinski definition) is 1. The molecule has 1 N–H and O–H groups in total. The van der Waals surface area contributed by atoms with Crippen LogP contribution in [0, 0.1) is 6.92 Å². The smallest absolute Gasteiger partial charge is 0.302 e. The Balaban J connectivity index is 2.57. The fourth-order valence-electron chi connectivity index (χ4n) is 1.54. The van der Waals surface area contributed by atoms with Crippen LogP contribution in [-0.2, 0) is 16.0 Å². The topological polar surface area (TPSA) is 46.5 Å². The van der Waals surface area contributed by atoms with Gasteiger partial charge in [-0.1, -0.05) is 11.6 Å². The van der Waals surface area contributed by atoms with Crippen molar-refractivity contribution in [2.24, 2.45) is 0 Å². The lowest BCUT2D eigenvalue weighted by molar-refractivity contribution is -0.141. The largest absolute Gasteiger partial charge is 0.508 e. The lowest BCUT2D eigenvalue weighted by Gasteiger charge is -2.09. The van der Waals surface area contributed by atoms with Crippen LogP contribution in [0.2, 0.25) is 5.02 Å². The second-order valence-electron chi connectivity index (χ2n) is 3.67. The number of phenols is 1. The first-order chi connectivity index (χ1) is 7.50. The molecule has 0 atom stereocenters. The van der Waals surface area contributed by atoms with Crippen LogP contribution in [0.1, 0.15) is 24.5 Å². The molecule has 0 saturated carbocycles. The Kier molecular flexibility index (Phi) is 4.62. The maximum atomic E-state index is 10.6. The van der Waals surface area contributed by atoms with E-state index in [0.717, 1.165) is 24.0 Å². The van der Waals surface area contributed by atoms with Crippen molar-refractivity contribution in [3.8, 4) is 5.75 Å². The normalized spacial score (nSPS) is 10.2. The Hall–Kier alpha value is -1.22. The van der Waals surface area contributed by atoms with E-state index in [1.165, 1.54) is 13.0 Å². The molecular formula is C12H15ClO3. The molecule has 0 aliphatic heterocycles. The van der Waals surface area contributed by atoms with Gasteiger partial charge in [0.15, 0.2) is 0 Å². The quantitative estimate of drug-likeness (QED) is 0.652. The molecule has 0 bridgehead atoms. The monoisotopic (exact) mass is 242 g/mol. The van der Waals surface area contributed by atoms with Gasteiger partial charge in [-0.25, -0.2) is 0 Å². The SMILES string of the molecule is CC(=O)OCCCc1c(C)cc(O)cc1Cl. The summed E-state index contributed by atoms with van der Waals surface area (Å²) in [4.78, 5) is 10.6. The summed E-state index contributed by atoms with van der Waals surface area (Å²) in [6.45, 7) is 3.68. The Labute approximate surface area is 100.0 Å². The molecular weight excluding hydrogens is 228 g/mol. The molecule has 0 heterocycles. The van der Waals surface area contributed by atoms with Crippen LogP contribution in [0.3, 0.4) is 0 Å². The number of halogens is 1. The molecule has 1 aromatic carbocycles. The van der Waals surface area contributed by atoms with E-state index in [2.05, 4.69) is 0 Å². The van der Waals surface area contributed by atoms with Gasteiger partial charge in [-0.2, -0.15) is 0 Å². The number of ether oxygens (including phenoxy) is 1. The molecule has 0 spiro atoms. The van der Waals surface area contributed by atoms with Gasteiger partial charge >= 0.3 is 5.97 Å². The first-order valence-electron chi connectivity index (χ1n) is 5.12. The zero-order chi connectivity index (χ0) is 12.1. The van der Waals surface area contributed by atoms with Gasteiger partial charge in [-0.05, 0) is 43.0 Å². The molecule has 3 nitrogen and oxygen atoms in total. The molecule has 88 valence electrons. The highest BCUT2D eigenvalue weighted by Gasteiger charge is 2.06.